The van der Waals surface area contributed by atoms with Gasteiger partial charge in [0.05, 0.1) is 12.7 Å². The Labute approximate surface area is 230 Å². The molecule has 2 fully saturated rings. The Kier molecular flexibility index (Phi) is 8.37. The number of nitrogens with two attached hydrogens (primary N) is 1. The number of fused-ring (bicyclic) bond motifs is 1. The summed E-state index contributed by atoms with van der Waals surface area (Å²) >= 11 is 0. The lowest BCUT2D eigenvalue weighted by molar-refractivity contribution is -0.218. The number of hydrogen-bond acceptors (Lipinski definition) is 12. The predicted octanol–water partition coefficient (Wildman–Crippen LogP) is 2.05. The number of rotatable bonds is 10. The van der Waals surface area contributed by atoms with Crippen molar-refractivity contribution >= 4 is 19.5 Å². The average Bonchev–Trinajstić information content (AvgIpc) is 3.34. The fourth-order valence-corrected chi connectivity index (χ4v) is 5.87. The zero-order valence-corrected chi connectivity index (χ0v) is 23.6. The first-order chi connectivity index (χ1) is 18.8. The van der Waals surface area contributed by atoms with Crippen molar-refractivity contribution in [2.24, 2.45) is 0 Å². The second-order valence-electron chi connectivity index (χ2n) is 10.0. The van der Waals surface area contributed by atoms with Gasteiger partial charge in [-0.15, -0.1) is 0 Å². The lowest BCUT2D eigenvalue weighted by atomic mass is 10.0. The highest BCUT2D eigenvalue weighted by Gasteiger charge is 2.65. The minimum absolute atomic E-state index is 0.0390. The van der Waals surface area contributed by atoms with Crippen molar-refractivity contribution in [3.63, 3.8) is 0 Å². The van der Waals surface area contributed by atoms with Crippen molar-refractivity contribution in [3.8, 4) is 11.8 Å². The third kappa shape index (κ3) is 6.20. The first-order valence-corrected chi connectivity index (χ1v) is 14.1. The average molecular weight is 578 g/mol. The highest BCUT2D eigenvalue weighted by atomic mass is 31.2. The van der Waals surface area contributed by atoms with Gasteiger partial charge in [-0.1, -0.05) is 18.2 Å². The summed E-state index contributed by atoms with van der Waals surface area (Å²) in [6.45, 7) is 7.66. The maximum absolute atomic E-state index is 13.9. The summed E-state index contributed by atoms with van der Waals surface area (Å²) in [6.07, 6.45) is -2.21. The standard InChI is InChI=1S/C25H32N5O9P/c1-15(2)35-22(31)16(3)29-40(33,39-17-9-7-6-8-10-17)34-13-18-20-21(38-24(4,5)37-20)25(14-26,36-18)30-12-11-19(27)28-23(30)32/h6-12,15-16,18,20-21H,13H2,1-5H3,(H,29,33)(H2,27,28,32). The van der Waals surface area contributed by atoms with E-state index in [0.29, 0.717) is 0 Å². The van der Waals surface area contributed by atoms with E-state index in [9.17, 15) is 19.4 Å². The van der Waals surface area contributed by atoms with Crippen LogP contribution in [0.3, 0.4) is 0 Å². The molecule has 2 aliphatic heterocycles. The summed E-state index contributed by atoms with van der Waals surface area (Å²) in [5.41, 5.74) is 2.78. The quantitative estimate of drug-likeness (QED) is 0.309. The van der Waals surface area contributed by atoms with Crippen LogP contribution in [0.2, 0.25) is 0 Å². The van der Waals surface area contributed by atoms with Crippen LogP contribution < -0.4 is 21.0 Å². The third-order valence-corrected chi connectivity index (χ3v) is 7.63. The van der Waals surface area contributed by atoms with Gasteiger partial charge in [-0.3, -0.25) is 13.9 Å². The summed E-state index contributed by atoms with van der Waals surface area (Å²) in [6, 6.07) is 10.5. The fourth-order valence-electron chi connectivity index (χ4n) is 4.37. The molecule has 3 heterocycles. The van der Waals surface area contributed by atoms with Gasteiger partial charge in [0, 0.05) is 6.20 Å². The summed E-state index contributed by atoms with van der Waals surface area (Å²) in [4.78, 5) is 28.9. The van der Waals surface area contributed by atoms with Crippen LogP contribution in [-0.4, -0.2) is 58.4 Å². The second-order valence-corrected chi connectivity index (χ2v) is 11.7. The van der Waals surface area contributed by atoms with E-state index in [-0.39, 0.29) is 11.6 Å². The van der Waals surface area contributed by atoms with Gasteiger partial charge in [0.15, 0.2) is 11.9 Å². The zero-order chi connectivity index (χ0) is 29.3. The maximum atomic E-state index is 13.9. The molecule has 15 heteroatoms. The molecule has 6 unspecified atom stereocenters. The molecule has 3 N–H and O–H groups in total. The molecule has 0 saturated carbocycles. The highest BCUT2D eigenvalue weighted by Crippen LogP contribution is 2.49. The minimum Gasteiger partial charge on any atom is -0.462 e. The first-order valence-electron chi connectivity index (χ1n) is 12.6. The molecule has 216 valence electrons. The normalized spacial score (nSPS) is 27.4. The Hall–Kier alpha value is -3.31. The number of nitrogen functional groups attached to an aromatic ring is 1. The molecule has 4 rings (SSSR count). The number of nitrogens with zero attached hydrogens (tertiary/aromatic N) is 3. The number of benzene rings is 1. The van der Waals surface area contributed by atoms with E-state index in [0.717, 1.165) is 4.57 Å². The molecule has 2 aromatic rings. The summed E-state index contributed by atoms with van der Waals surface area (Å²) < 4.78 is 49.6. The SMILES string of the molecule is CC(C)OC(=O)C(C)NP(=O)(OCC1OC(C#N)(n2ccc(N)nc2=O)C2OC(C)(C)OC12)Oc1ccccc1. The maximum Gasteiger partial charge on any atom is 0.459 e. The van der Waals surface area contributed by atoms with Crippen molar-refractivity contribution in [1.82, 2.24) is 14.6 Å². The van der Waals surface area contributed by atoms with Crippen LogP contribution in [0.5, 0.6) is 5.75 Å². The Morgan fingerprint density at radius 2 is 1.93 bits per heavy atom. The molecule has 0 aliphatic carbocycles. The van der Waals surface area contributed by atoms with E-state index < -0.39 is 68.0 Å². The van der Waals surface area contributed by atoms with Crippen LogP contribution >= 0.6 is 7.75 Å². The number of para-hydroxylation sites is 1. The smallest absolute Gasteiger partial charge is 0.459 e. The van der Waals surface area contributed by atoms with Gasteiger partial charge in [-0.2, -0.15) is 15.3 Å². The van der Waals surface area contributed by atoms with Crippen LogP contribution in [0, 0.1) is 11.3 Å². The van der Waals surface area contributed by atoms with Gasteiger partial charge in [0.2, 0.25) is 0 Å². The van der Waals surface area contributed by atoms with Gasteiger partial charge in [-0.25, -0.2) is 9.36 Å². The predicted molar refractivity (Wildman–Crippen MR) is 140 cm³/mol. The number of esters is 1. The number of ether oxygens (including phenoxy) is 4. The van der Waals surface area contributed by atoms with E-state index in [1.807, 2.05) is 6.07 Å². The number of carbonyl (C=O) groups is 1. The lowest BCUT2D eigenvalue weighted by Crippen LogP contribution is -2.49. The molecule has 14 nitrogen and oxygen atoms in total. The van der Waals surface area contributed by atoms with E-state index in [2.05, 4.69) is 10.1 Å². The Balaban J connectivity index is 1.62. The second kappa shape index (κ2) is 11.3. The molecule has 0 bridgehead atoms. The summed E-state index contributed by atoms with van der Waals surface area (Å²) in [5, 5.41) is 12.9. The van der Waals surface area contributed by atoms with Crippen LogP contribution in [0.15, 0.2) is 47.4 Å². The number of nitrogens with one attached hydrogen (secondary N) is 1. The minimum atomic E-state index is -4.26. The van der Waals surface area contributed by atoms with Gasteiger partial charge < -0.3 is 29.2 Å². The molecule has 40 heavy (non-hydrogen) atoms. The molecule has 2 aliphatic rings. The molecule has 1 aromatic carbocycles. The lowest BCUT2D eigenvalue weighted by Gasteiger charge is -2.30. The highest BCUT2D eigenvalue weighted by molar-refractivity contribution is 7.52. The third-order valence-electron chi connectivity index (χ3n) is 5.99. The molecule has 0 radical (unpaired) electrons. The van der Waals surface area contributed by atoms with Crippen molar-refractivity contribution in [1.29, 1.82) is 5.26 Å². The molecule has 1 aromatic heterocycles. The molecule has 0 amide bonds. The van der Waals surface area contributed by atoms with Crippen LogP contribution in [0.1, 0.15) is 34.6 Å². The summed E-state index contributed by atoms with van der Waals surface area (Å²) in [7, 11) is -4.26. The molecular weight excluding hydrogens is 545 g/mol. The van der Waals surface area contributed by atoms with E-state index >= 15 is 0 Å². The largest absolute Gasteiger partial charge is 0.462 e. The zero-order valence-electron chi connectivity index (χ0n) is 22.7. The summed E-state index contributed by atoms with van der Waals surface area (Å²) in [5.74, 6) is -1.65. The van der Waals surface area contributed by atoms with Gasteiger partial charge in [0.1, 0.15) is 35.9 Å². The van der Waals surface area contributed by atoms with Crippen molar-refractivity contribution in [3.05, 3.63) is 53.1 Å². The van der Waals surface area contributed by atoms with E-state index in [4.69, 9.17) is 33.7 Å². The molecule has 0 spiro atoms. The Morgan fingerprint density at radius 3 is 2.55 bits per heavy atom. The number of nitriles is 1. The number of hydrogen-bond donors (Lipinski definition) is 2. The number of aromatic nitrogens is 2. The Bertz CT molecular complexity index is 1380. The van der Waals surface area contributed by atoms with Crippen LogP contribution in [0.4, 0.5) is 5.82 Å². The van der Waals surface area contributed by atoms with Crippen LogP contribution in [0.25, 0.3) is 0 Å². The first kappa shape index (κ1) is 29.7. The van der Waals surface area contributed by atoms with E-state index in [1.165, 1.54) is 19.2 Å². The van der Waals surface area contributed by atoms with Crippen LogP contribution in [-0.2, 0) is 38.6 Å². The van der Waals surface area contributed by atoms with Gasteiger partial charge >= 0.3 is 19.4 Å². The van der Waals surface area contributed by atoms with E-state index in [1.54, 1.807) is 58.0 Å². The number of anilines is 1. The fraction of sp³-hybridized carbons (Fsp3) is 0.520. The van der Waals surface area contributed by atoms with Gasteiger partial charge in [-0.05, 0) is 52.8 Å². The number of carbonyl (C=O) groups excluding carboxylic acids is 1. The molecular formula is C25H32N5O9P. The molecule has 6 atom stereocenters. The van der Waals surface area contributed by atoms with Crippen molar-refractivity contribution in [2.45, 2.75) is 76.6 Å². The monoisotopic (exact) mass is 577 g/mol. The topological polar surface area (TPSA) is 186 Å². The molecule has 2 saturated heterocycles. The van der Waals surface area contributed by atoms with Gasteiger partial charge in [0.25, 0.3) is 5.72 Å². The Morgan fingerprint density at radius 1 is 1.23 bits per heavy atom. The van der Waals surface area contributed by atoms with Crippen molar-refractivity contribution in [2.75, 3.05) is 12.3 Å². The van der Waals surface area contributed by atoms with Crippen molar-refractivity contribution < 1.29 is 37.4 Å².